The first-order chi connectivity index (χ1) is 13.9. The minimum atomic E-state index is -1.38. The Labute approximate surface area is 178 Å². The third-order valence-electron chi connectivity index (χ3n) is 3.97. The zero-order valence-corrected chi connectivity index (χ0v) is 18.4. The predicted octanol–water partition coefficient (Wildman–Crippen LogP) is 1.87. The van der Waals surface area contributed by atoms with Crippen molar-refractivity contribution in [2.75, 3.05) is 6.61 Å². The van der Waals surface area contributed by atoms with E-state index in [9.17, 15) is 19.5 Å². The molecule has 0 aliphatic heterocycles. The number of hydrogen-bond donors (Lipinski definition) is 3. The third kappa shape index (κ3) is 7.08. The van der Waals surface area contributed by atoms with E-state index in [2.05, 4.69) is 16.7 Å². The summed E-state index contributed by atoms with van der Waals surface area (Å²) >= 11 is 0. The van der Waals surface area contributed by atoms with Crippen LogP contribution in [0.15, 0.2) is 24.3 Å². The molecule has 0 radical (unpaired) electrons. The van der Waals surface area contributed by atoms with Gasteiger partial charge in [0, 0.05) is 12.1 Å². The van der Waals surface area contributed by atoms with Crippen molar-refractivity contribution in [3.8, 4) is 12.5 Å². The Hall–Kier alpha value is -3.05. The number of benzene rings is 1. The van der Waals surface area contributed by atoms with Gasteiger partial charge in [-0.25, -0.2) is 4.79 Å². The Morgan fingerprint density at radius 3 is 2.27 bits per heavy atom. The smallest absolute Gasteiger partial charge is 0.408 e. The van der Waals surface area contributed by atoms with Gasteiger partial charge in [-0.15, -0.1) is 0 Å². The van der Waals surface area contributed by atoms with Crippen LogP contribution in [-0.4, -0.2) is 52.2 Å². The molecule has 2 unspecified atom stereocenters. The van der Waals surface area contributed by atoms with Crippen LogP contribution in [0.2, 0.25) is 0 Å². The van der Waals surface area contributed by atoms with E-state index in [1.807, 2.05) is 0 Å². The van der Waals surface area contributed by atoms with Crippen LogP contribution in [0.3, 0.4) is 0 Å². The molecule has 8 heteroatoms. The third-order valence-corrected chi connectivity index (χ3v) is 3.97. The molecule has 0 aliphatic rings. The van der Waals surface area contributed by atoms with E-state index < -0.39 is 42.2 Å². The molecule has 0 heterocycles. The van der Waals surface area contributed by atoms with Crippen molar-refractivity contribution in [1.29, 1.82) is 0 Å². The summed E-state index contributed by atoms with van der Waals surface area (Å²) in [6.07, 6.45) is 4.72. The second-order valence-corrected chi connectivity index (χ2v) is 8.14. The predicted molar refractivity (Wildman–Crippen MR) is 113 cm³/mol. The van der Waals surface area contributed by atoms with Gasteiger partial charge >= 0.3 is 6.09 Å². The number of carbonyl (C=O) groups excluding carboxylic acids is 3. The average molecular weight is 418 g/mol. The standard InChI is InChI=1S/C22H31N3O5/c1-8-25(20(28)17(13-26)24-21(29)30-22(5,6)7)18(19(27)23-14(2)3)16-12-10-9-11-15(16)4/h1,9-12,14,17-18,26H,13H2,2-7H3,(H,23,27)(H,24,29). The van der Waals surface area contributed by atoms with Gasteiger partial charge in [-0.3, -0.25) is 14.5 Å². The molecule has 0 aliphatic carbocycles. The number of aryl methyl sites for hydroxylation is 1. The fourth-order valence-electron chi connectivity index (χ4n) is 2.72. The molecule has 0 saturated heterocycles. The number of ether oxygens (including phenoxy) is 1. The highest BCUT2D eigenvalue weighted by atomic mass is 16.6. The van der Waals surface area contributed by atoms with Gasteiger partial charge in [0.1, 0.15) is 17.7 Å². The molecule has 30 heavy (non-hydrogen) atoms. The lowest BCUT2D eigenvalue weighted by atomic mass is 9.98. The minimum absolute atomic E-state index is 0.188. The van der Waals surface area contributed by atoms with Crippen molar-refractivity contribution >= 4 is 17.9 Å². The van der Waals surface area contributed by atoms with Gasteiger partial charge in [0.05, 0.1) is 6.61 Å². The summed E-state index contributed by atoms with van der Waals surface area (Å²) in [5.74, 6) is -1.28. The van der Waals surface area contributed by atoms with E-state index in [1.165, 1.54) is 0 Å². The van der Waals surface area contributed by atoms with Crippen LogP contribution in [0.1, 0.15) is 51.8 Å². The molecular weight excluding hydrogens is 386 g/mol. The fourth-order valence-corrected chi connectivity index (χ4v) is 2.72. The second kappa shape index (κ2) is 10.6. The second-order valence-electron chi connectivity index (χ2n) is 8.14. The van der Waals surface area contributed by atoms with E-state index in [1.54, 1.807) is 65.8 Å². The lowest BCUT2D eigenvalue weighted by Gasteiger charge is -2.31. The summed E-state index contributed by atoms with van der Waals surface area (Å²) in [4.78, 5) is 39.0. The number of rotatable bonds is 7. The Morgan fingerprint density at radius 1 is 1.20 bits per heavy atom. The van der Waals surface area contributed by atoms with Crippen molar-refractivity contribution in [2.45, 2.75) is 65.3 Å². The van der Waals surface area contributed by atoms with Crippen molar-refractivity contribution in [3.05, 3.63) is 35.4 Å². The largest absolute Gasteiger partial charge is 0.444 e. The number of carbonyl (C=O) groups is 3. The molecule has 1 aromatic rings. The highest BCUT2D eigenvalue weighted by Crippen LogP contribution is 2.25. The summed E-state index contributed by atoms with van der Waals surface area (Å²) in [6, 6.07) is 6.57. The van der Waals surface area contributed by atoms with Gasteiger partial charge in [0.25, 0.3) is 5.91 Å². The van der Waals surface area contributed by atoms with E-state index in [4.69, 9.17) is 11.2 Å². The molecule has 1 aromatic carbocycles. The zero-order valence-electron chi connectivity index (χ0n) is 18.4. The van der Waals surface area contributed by atoms with Crippen LogP contribution in [0.25, 0.3) is 0 Å². The molecule has 0 aromatic heterocycles. The maximum absolute atomic E-state index is 13.1. The Kier molecular flexibility index (Phi) is 8.87. The van der Waals surface area contributed by atoms with Gasteiger partial charge in [-0.05, 0) is 52.7 Å². The fraction of sp³-hybridized carbons (Fsp3) is 0.500. The van der Waals surface area contributed by atoms with E-state index >= 15 is 0 Å². The van der Waals surface area contributed by atoms with Crippen molar-refractivity contribution in [3.63, 3.8) is 0 Å². The lowest BCUT2D eigenvalue weighted by molar-refractivity contribution is -0.139. The molecular formula is C22H31N3O5. The number of nitrogens with zero attached hydrogens (tertiary/aromatic N) is 1. The van der Waals surface area contributed by atoms with Gasteiger partial charge < -0.3 is 20.5 Å². The monoisotopic (exact) mass is 417 g/mol. The first-order valence-electron chi connectivity index (χ1n) is 9.66. The van der Waals surface area contributed by atoms with Crippen LogP contribution in [0, 0.1) is 19.4 Å². The van der Waals surface area contributed by atoms with E-state index in [0.29, 0.717) is 5.56 Å². The molecule has 0 saturated carbocycles. The van der Waals surface area contributed by atoms with Gasteiger partial charge in [-0.2, -0.15) is 0 Å². The summed E-state index contributed by atoms with van der Waals surface area (Å²) < 4.78 is 5.14. The normalized spacial score (nSPS) is 13.0. The molecule has 3 N–H and O–H groups in total. The molecule has 164 valence electrons. The highest BCUT2D eigenvalue weighted by Gasteiger charge is 2.36. The Bertz CT molecular complexity index is 808. The van der Waals surface area contributed by atoms with Crippen LogP contribution in [-0.2, 0) is 14.3 Å². The summed E-state index contributed by atoms with van der Waals surface area (Å²) in [5, 5.41) is 14.8. The van der Waals surface area contributed by atoms with Crippen LogP contribution in [0.4, 0.5) is 4.79 Å². The number of nitrogens with one attached hydrogen (secondary N) is 2. The van der Waals surface area contributed by atoms with Crippen LogP contribution < -0.4 is 10.6 Å². The number of hydrogen-bond acceptors (Lipinski definition) is 5. The number of aliphatic hydroxyl groups excluding tert-OH is 1. The summed E-state index contributed by atoms with van der Waals surface area (Å²) in [7, 11) is 0. The van der Waals surface area contributed by atoms with Gasteiger partial charge in [0.2, 0.25) is 5.91 Å². The van der Waals surface area contributed by atoms with E-state index in [-0.39, 0.29) is 6.04 Å². The first kappa shape index (κ1) is 25.0. The maximum Gasteiger partial charge on any atom is 0.408 e. The number of alkyl carbamates (subject to hydrolysis) is 1. The van der Waals surface area contributed by atoms with Crippen LogP contribution >= 0.6 is 0 Å². The molecule has 0 spiro atoms. The quantitative estimate of drug-likeness (QED) is 0.464. The van der Waals surface area contributed by atoms with Crippen molar-refractivity contribution < 1.29 is 24.2 Å². The van der Waals surface area contributed by atoms with Gasteiger partial charge in [0.15, 0.2) is 0 Å². The highest BCUT2D eigenvalue weighted by molar-refractivity contribution is 5.93. The molecule has 3 amide bonds. The average Bonchev–Trinajstić information content (AvgIpc) is 2.62. The minimum Gasteiger partial charge on any atom is -0.444 e. The van der Waals surface area contributed by atoms with Crippen molar-refractivity contribution in [2.24, 2.45) is 0 Å². The summed E-state index contributed by atoms with van der Waals surface area (Å²) in [5.41, 5.74) is 0.505. The number of terminal acetylenes is 1. The van der Waals surface area contributed by atoms with Gasteiger partial charge in [-0.1, -0.05) is 30.7 Å². The number of amides is 3. The Balaban J connectivity index is 3.27. The maximum atomic E-state index is 13.1. The summed E-state index contributed by atoms with van der Waals surface area (Å²) in [6.45, 7) is 9.65. The molecule has 2 atom stereocenters. The molecule has 1 rings (SSSR count). The molecule has 0 fully saturated rings. The zero-order chi connectivity index (χ0) is 23.1. The molecule has 8 nitrogen and oxygen atoms in total. The van der Waals surface area contributed by atoms with Crippen molar-refractivity contribution in [1.82, 2.24) is 15.5 Å². The van der Waals surface area contributed by atoms with E-state index in [0.717, 1.165) is 10.5 Å². The Morgan fingerprint density at radius 2 is 1.80 bits per heavy atom. The topological polar surface area (TPSA) is 108 Å². The molecule has 0 bridgehead atoms. The van der Waals surface area contributed by atoms with Crippen LogP contribution in [0.5, 0.6) is 0 Å². The lowest BCUT2D eigenvalue weighted by Crippen LogP contribution is -2.53. The SMILES string of the molecule is C#CN(C(=O)C(CO)NC(=O)OC(C)(C)C)C(C(=O)NC(C)C)c1ccccc1C. The number of aliphatic hydroxyl groups is 1. The first-order valence-corrected chi connectivity index (χ1v) is 9.66.